The summed E-state index contributed by atoms with van der Waals surface area (Å²) in [5, 5.41) is 0. The van der Waals surface area contributed by atoms with Crippen LogP contribution in [0.4, 0.5) is 0 Å². The predicted octanol–water partition coefficient (Wildman–Crippen LogP) is 2.01. The Hall–Kier alpha value is -1.08. The monoisotopic (exact) mass is 397 g/mol. The molecule has 1 aromatic heterocycles. The minimum Gasteiger partial charge on any atom is -0.756 e. The maximum absolute atomic E-state index is 12.2. The first-order chi connectivity index (χ1) is 13.0. The third-order valence-electron chi connectivity index (χ3n) is 5.24. The predicted molar refractivity (Wildman–Crippen MR) is 96.7 cm³/mol. The lowest BCUT2D eigenvalue weighted by Gasteiger charge is -2.31. The van der Waals surface area contributed by atoms with Crippen molar-refractivity contribution in [1.29, 1.82) is 0 Å². The van der Waals surface area contributed by atoms with Gasteiger partial charge in [-0.3, -0.25) is 4.57 Å². The maximum Gasteiger partial charge on any atom is 0.268 e. The number of ether oxygens (including phenoxy) is 2. The van der Waals surface area contributed by atoms with Crippen LogP contribution in [-0.4, -0.2) is 38.6 Å². The summed E-state index contributed by atoms with van der Waals surface area (Å²) < 4.78 is 35.8. The van der Waals surface area contributed by atoms with Crippen LogP contribution in [-0.2, 0) is 29.6 Å². The second-order valence-electron chi connectivity index (χ2n) is 7.20. The first-order valence-electron chi connectivity index (χ1n) is 9.41. The highest BCUT2D eigenvalue weighted by molar-refractivity contribution is 7.45. The summed E-state index contributed by atoms with van der Waals surface area (Å²) in [6.07, 6.45) is 8.99. The van der Waals surface area contributed by atoms with Crippen LogP contribution < -0.4 is 9.46 Å². The van der Waals surface area contributed by atoms with E-state index < -0.39 is 7.82 Å². The number of rotatable bonds is 11. The Morgan fingerprint density at radius 3 is 2.93 bits per heavy atom. The quantitative estimate of drug-likeness (QED) is 0.246. The Morgan fingerprint density at radius 1 is 1.33 bits per heavy atom. The van der Waals surface area contributed by atoms with Crippen LogP contribution in [0, 0.1) is 5.41 Å². The van der Waals surface area contributed by atoms with Crippen molar-refractivity contribution in [2.75, 3.05) is 26.4 Å². The average molecular weight is 397 g/mol. The van der Waals surface area contributed by atoms with Crippen molar-refractivity contribution in [3.05, 3.63) is 43.2 Å². The van der Waals surface area contributed by atoms with Gasteiger partial charge in [-0.15, -0.1) is 6.58 Å². The second kappa shape index (κ2) is 9.41. The van der Waals surface area contributed by atoms with Crippen LogP contribution in [0.2, 0.25) is 0 Å². The SMILES string of the molecule is C=CCOC[C@@H]1C[C@]2(COP(=O)([O-])OCC[n+]3ccccc3)CCC[C@@H]2O1. The van der Waals surface area contributed by atoms with Crippen LogP contribution in [0.3, 0.4) is 0 Å². The Balaban J connectivity index is 1.46. The van der Waals surface area contributed by atoms with Gasteiger partial charge in [0.1, 0.15) is 6.61 Å². The molecule has 27 heavy (non-hydrogen) atoms. The summed E-state index contributed by atoms with van der Waals surface area (Å²) in [5.41, 5.74) is -0.264. The number of phosphoric ester groups is 1. The van der Waals surface area contributed by atoms with Gasteiger partial charge in [0, 0.05) is 17.5 Å². The van der Waals surface area contributed by atoms with E-state index in [-0.39, 0.29) is 30.8 Å². The van der Waals surface area contributed by atoms with Crippen molar-refractivity contribution < 1.29 is 32.5 Å². The minimum atomic E-state index is -4.35. The van der Waals surface area contributed by atoms with E-state index in [1.165, 1.54) is 0 Å². The molecule has 2 heterocycles. The van der Waals surface area contributed by atoms with E-state index in [9.17, 15) is 9.46 Å². The van der Waals surface area contributed by atoms with Crippen molar-refractivity contribution in [2.45, 2.75) is 44.4 Å². The molecule has 1 saturated carbocycles. The van der Waals surface area contributed by atoms with Gasteiger partial charge in [-0.25, -0.2) is 4.57 Å². The summed E-state index contributed by atoms with van der Waals surface area (Å²) in [7, 11) is -4.35. The van der Waals surface area contributed by atoms with Crippen LogP contribution in [0.15, 0.2) is 43.2 Å². The lowest BCUT2D eigenvalue weighted by molar-refractivity contribution is -0.697. The summed E-state index contributed by atoms with van der Waals surface area (Å²) in [5.74, 6) is 0. The molecular formula is C19H28NO6P. The number of hydrogen-bond donors (Lipinski definition) is 0. The van der Waals surface area contributed by atoms with Crippen LogP contribution >= 0.6 is 7.82 Å². The lowest BCUT2D eigenvalue weighted by atomic mass is 9.82. The fourth-order valence-electron chi connectivity index (χ4n) is 3.98. The molecule has 1 aromatic rings. The minimum absolute atomic E-state index is 0.0229. The van der Waals surface area contributed by atoms with Gasteiger partial charge in [0.2, 0.25) is 0 Å². The number of phosphoric acid groups is 1. The highest BCUT2D eigenvalue weighted by Gasteiger charge is 2.51. The molecule has 3 rings (SSSR count). The topological polar surface area (TPSA) is 80.9 Å². The van der Waals surface area contributed by atoms with Gasteiger partial charge < -0.3 is 23.4 Å². The Kier molecular flexibility index (Phi) is 7.20. The molecule has 1 aliphatic heterocycles. The number of fused-ring (bicyclic) bond motifs is 1. The first-order valence-corrected chi connectivity index (χ1v) is 10.9. The molecule has 0 aromatic carbocycles. The van der Waals surface area contributed by atoms with E-state index in [0.717, 1.165) is 25.7 Å². The lowest BCUT2D eigenvalue weighted by Crippen LogP contribution is -2.35. The normalized spacial score (nSPS) is 29.4. The van der Waals surface area contributed by atoms with Gasteiger partial charge in [-0.2, -0.15) is 0 Å². The van der Waals surface area contributed by atoms with Crippen molar-refractivity contribution in [3.63, 3.8) is 0 Å². The zero-order valence-corrected chi connectivity index (χ0v) is 16.4. The van der Waals surface area contributed by atoms with E-state index in [0.29, 0.717) is 19.8 Å². The molecule has 0 spiro atoms. The van der Waals surface area contributed by atoms with E-state index in [1.807, 2.05) is 35.2 Å². The van der Waals surface area contributed by atoms with Gasteiger partial charge in [-0.1, -0.05) is 18.6 Å². The highest BCUT2D eigenvalue weighted by atomic mass is 31.2. The molecule has 0 radical (unpaired) electrons. The number of hydrogen-bond acceptors (Lipinski definition) is 6. The fourth-order valence-corrected chi connectivity index (χ4v) is 4.77. The van der Waals surface area contributed by atoms with Gasteiger partial charge in [0.25, 0.3) is 7.82 Å². The number of nitrogens with zero attached hydrogens (tertiary/aromatic N) is 1. The molecule has 0 bridgehead atoms. The molecule has 2 aliphatic rings. The summed E-state index contributed by atoms with van der Waals surface area (Å²) in [6.45, 7) is 5.19. The third kappa shape index (κ3) is 5.70. The largest absolute Gasteiger partial charge is 0.756 e. The summed E-state index contributed by atoms with van der Waals surface area (Å²) in [6, 6.07) is 5.65. The average Bonchev–Trinajstić information content (AvgIpc) is 3.18. The van der Waals surface area contributed by atoms with Crippen molar-refractivity contribution >= 4 is 7.82 Å². The van der Waals surface area contributed by atoms with Gasteiger partial charge in [-0.05, 0) is 19.3 Å². The Bertz CT molecular complexity index is 657. The zero-order valence-electron chi connectivity index (χ0n) is 15.5. The molecule has 0 N–H and O–H groups in total. The van der Waals surface area contributed by atoms with Crippen LogP contribution in [0.25, 0.3) is 0 Å². The highest BCUT2D eigenvalue weighted by Crippen LogP contribution is 2.52. The van der Waals surface area contributed by atoms with Crippen molar-refractivity contribution in [2.24, 2.45) is 5.41 Å². The van der Waals surface area contributed by atoms with E-state index in [1.54, 1.807) is 6.08 Å². The Labute approximate surface area is 160 Å². The molecule has 4 atom stereocenters. The first kappa shape index (κ1) is 20.6. The molecule has 1 aliphatic carbocycles. The van der Waals surface area contributed by atoms with E-state index >= 15 is 0 Å². The van der Waals surface area contributed by atoms with Crippen LogP contribution in [0.1, 0.15) is 25.7 Å². The number of pyridine rings is 1. The van der Waals surface area contributed by atoms with Crippen molar-refractivity contribution in [3.8, 4) is 0 Å². The molecule has 0 amide bonds. The molecule has 1 saturated heterocycles. The number of aromatic nitrogens is 1. The molecule has 8 heteroatoms. The van der Waals surface area contributed by atoms with Crippen molar-refractivity contribution in [1.82, 2.24) is 0 Å². The second-order valence-corrected chi connectivity index (χ2v) is 8.61. The molecule has 1 unspecified atom stereocenters. The van der Waals surface area contributed by atoms with Gasteiger partial charge >= 0.3 is 0 Å². The molecule has 2 fully saturated rings. The Morgan fingerprint density at radius 2 is 2.15 bits per heavy atom. The van der Waals surface area contributed by atoms with Gasteiger partial charge in [0.05, 0.1) is 32.0 Å². The molecule has 150 valence electrons. The fraction of sp³-hybridized carbons (Fsp3) is 0.632. The van der Waals surface area contributed by atoms with Gasteiger partial charge in [0.15, 0.2) is 18.9 Å². The van der Waals surface area contributed by atoms with E-state index in [4.69, 9.17) is 18.5 Å². The smallest absolute Gasteiger partial charge is 0.268 e. The van der Waals surface area contributed by atoms with E-state index in [2.05, 4.69) is 6.58 Å². The molecule has 7 nitrogen and oxygen atoms in total. The molecular weight excluding hydrogens is 369 g/mol. The maximum atomic E-state index is 12.2. The van der Waals surface area contributed by atoms with Crippen LogP contribution in [0.5, 0.6) is 0 Å². The summed E-state index contributed by atoms with van der Waals surface area (Å²) >= 11 is 0. The third-order valence-corrected chi connectivity index (χ3v) is 6.18. The zero-order chi connectivity index (χ0) is 19.2. The summed E-state index contributed by atoms with van der Waals surface area (Å²) in [4.78, 5) is 12.2. The standard InChI is InChI=1S/C19H28NO6P/c1-2-12-23-15-17-14-19(8-6-7-18(19)26-17)16-25-27(21,22)24-13-11-20-9-4-3-5-10-20/h2-5,9-10,17-18H,1,6-8,11-16H2/t17-,18-,19-/m0/s1.